The molecule has 0 aliphatic carbocycles. The van der Waals surface area contributed by atoms with Crippen molar-refractivity contribution in [3.8, 4) is 0 Å². The molecule has 0 rings (SSSR count). The van der Waals surface area contributed by atoms with Crippen LogP contribution in [0.4, 0.5) is 0 Å². The molecule has 5 heteroatoms. The summed E-state index contributed by atoms with van der Waals surface area (Å²) >= 11 is 0. The van der Waals surface area contributed by atoms with Crippen LogP contribution >= 0.6 is 0 Å². The van der Waals surface area contributed by atoms with E-state index in [0.717, 1.165) is 12.4 Å². The minimum atomic E-state index is -2.35. The maximum absolute atomic E-state index is 9.67. The van der Waals surface area contributed by atoms with E-state index in [1.54, 1.807) is 0 Å². The second-order valence-corrected chi connectivity index (χ2v) is 1.47. The van der Waals surface area contributed by atoms with Gasteiger partial charge in [-0.1, -0.05) is 0 Å². The highest BCUT2D eigenvalue weighted by atomic mass is 16.5. The second kappa shape index (κ2) is 2.08. The highest BCUT2D eigenvalue weighted by Crippen LogP contribution is 1.90. The van der Waals surface area contributed by atoms with Gasteiger partial charge in [-0.3, -0.25) is 0 Å². The van der Waals surface area contributed by atoms with Gasteiger partial charge in [-0.05, 0) is 6.92 Å². The molecule has 48 valence electrons. The van der Waals surface area contributed by atoms with E-state index in [2.05, 4.69) is 0 Å². The number of nitrogens with one attached hydrogen (secondary N) is 1. The van der Waals surface area contributed by atoms with Crippen molar-refractivity contribution in [2.45, 2.75) is 12.6 Å². The molecule has 1 atom stereocenters. The SMILES string of the molecule is CC(O)(NO)C(=O)[O-]. The third-order valence-corrected chi connectivity index (χ3v) is 0.615. The predicted molar refractivity (Wildman–Crippen MR) is 20.6 cm³/mol. The lowest BCUT2D eigenvalue weighted by molar-refractivity contribution is -0.330. The van der Waals surface area contributed by atoms with Gasteiger partial charge < -0.3 is 20.2 Å². The van der Waals surface area contributed by atoms with Gasteiger partial charge in [0.05, 0.1) is 5.97 Å². The average molecular weight is 120 g/mol. The zero-order valence-electron chi connectivity index (χ0n) is 4.21. The lowest BCUT2D eigenvalue weighted by Crippen LogP contribution is -2.54. The number of aliphatic carboxylic acids is 1. The number of carboxylic acids is 1. The summed E-state index contributed by atoms with van der Waals surface area (Å²) in [7, 11) is 0. The molecule has 5 nitrogen and oxygen atoms in total. The lowest BCUT2D eigenvalue weighted by atomic mass is 10.3. The van der Waals surface area contributed by atoms with Crippen molar-refractivity contribution in [2.75, 3.05) is 0 Å². The smallest absolute Gasteiger partial charge is 0.174 e. The standard InChI is InChI=1S/C3H7NO4/c1-3(7,4-8)2(5)6/h4,7-8H,1H3,(H,5,6)/p-1. The van der Waals surface area contributed by atoms with Gasteiger partial charge in [0.1, 0.15) is 0 Å². The molecule has 8 heavy (non-hydrogen) atoms. The number of carboxylic acid groups (broad SMARTS) is 1. The molecular formula is C3H6NO4-. The predicted octanol–water partition coefficient (Wildman–Crippen LogP) is -2.58. The van der Waals surface area contributed by atoms with Crippen LogP contribution in [-0.2, 0) is 4.79 Å². The molecule has 0 aromatic rings. The summed E-state index contributed by atoms with van der Waals surface area (Å²) in [5.74, 6) is -1.78. The Balaban J connectivity index is 3.91. The summed E-state index contributed by atoms with van der Waals surface area (Å²) in [5.41, 5.74) is -1.21. The Bertz CT molecular complexity index is 99.5. The van der Waals surface area contributed by atoms with Crippen LogP contribution in [0.2, 0.25) is 0 Å². The van der Waals surface area contributed by atoms with Crippen molar-refractivity contribution < 1.29 is 20.2 Å². The summed E-state index contributed by atoms with van der Waals surface area (Å²) < 4.78 is 0. The zero-order valence-corrected chi connectivity index (χ0v) is 4.21. The molecule has 0 radical (unpaired) electrons. The lowest BCUT2D eigenvalue weighted by Gasteiger charge is -2.21. The van der Waals surface area contributed by atoms with Crippen molar-refractivity contribution in [2.24, 2.45) is 0 Å². The maximum Gasteiger partial charge on any atom is 0.174 e. The molecule has 0 aliphatic rings. The summed E-state index contributed by atoms with van der Waals surface area (Å²) in [6, 6.07) is 0. The number of hydroxylamine groups is 1. The van der Waals surface area contributed by atoms with Gasteiger partial charge in [0.2, 0.25) is 0 Å². The van der Waals surface area contributed by atoms with Crippen LogP contribution in [0, 0.1) is 0 Å². The van der Waals surface area contributed by atoms with Gasteiger partial charge in [-0.2, -0.15) is 5.48 Å². The molecule has 0 aliphatic heterocycles. The first kappa shape index (κ1) is 7.35. The molecule has 0 fully saturated rings. The molecule has 0 saturated heterocycles. The first-order chi connectivity index (χ1) is 3.50. The van der Waals surface area contributed by atoms with E-state index in [0.29, 0.717) is 0 Å². The fraction of sp³-hybridized carbons (Fsp3) is 0.667. The molecule has 0 amide bonds. The van der Waals surface area contributed by atoms with Crippen LogP contribution in [0.15, 0.2) is 0 Å². The molecule has 0 saturated carbocycles. The van der Waals surface area contributed by atoms with Crippen LogP contribution in [0.25, 0.3) is 0 Å². The molecule has 3 N–H and O–H groups in total. The molecule has 0 bridgehead atoms. The molecule has 0 heterocycles. The number of carbonyl (C=O) groups excluding carboxylic acids is 1. The van der Waals surface area contributed by atoms with Gasteiger partial charge in [-0.25, -0.2) is 0 Å². The first-order valence-electron chi connectivity index (χ1n) is 1.86. The number of carbonyl (C=O) groups is 1. The van der Waals surface area contributed by atoms with E-state index in [9.17, 15) is 9.90 Å². The van der Waals surface area contributed by atoms with E-state index in [4.69, 9.17) is 10.3 Å². The van der Waals surface area contributed by atoms with E-state index >= 15 is 0 Å². The fourth-order valence-electron chi connectivity index (χ4n) is 0.0456. The first-order valence-corrected chi connectivity index (χ1v) is 1.86. The van der Waals surface area contributed by atoms with Gasteiger partial charge in [0.25, 0.3) is 0 Å². The van der Waals surface area contributed by atoms with Crippen LogP contribution in [0.5, 0.6) is 0 Å². The third-order valence-electron chi connectivity index (χ3n) is 0.615. The number of hydrogen-bond donors (Lipinski definition) is 3. The minimum absolute atomic E-state index is 0.850. The van der Waals surface area contributed by atoms with Crippen molar-refractivity contribution in [1.82, 2.24) is 5.48 Å². The van der Waals surface area contributed by atoms with Crippen molar-refractivity contribution in [3.05, 3.63) is 0 Å². The Labute approximate surface area is 45.5 Å². The Morgan fingerprint density at radius 3 is 2.25 bits per heavy atom. The Kier molecular flexibility index (Phi) is 1.91. The van der Waals surface area contributed by atoms with Crippen LogP contribution in [-0.4, -0.2) is 22.0 Å². The minimum Gasteiger partial charge on any atom is -0.545 e. The highest BCUT2D eigenvalue weighted by molar-refractivity contribution is 5.73. The zero-order chi connectivity index (χ0) is 6.78. The van der Waals surface area contributed by atoms with Crippen molar-refractivity contribution in [3.63, 3.8) is 0 Å². The Hall–Kier alpha value is -0.650. The van der Waals surface area contributed by atoms with E-state index < -0.39 is 11.7 Å². The largest absolute Gasteiger partial charge is 0.545 e. The van der Waals surface area contributed by atoms with E-state index in [1.807, 2.05) is 0 Å². The van der Waals surface area contributed by atoms with Crippen molar-refractivity contribution >= 4 is 5.97 Å². The molecule has 0 spiro atoms. The van der Waals surface area contributed by atoms with E-state index in [1.165, 1.54) is 0 Å². The van der Waals surface area contributed by atoms with Crippen LogP contribution in [0.3, 0.4) is 0 Å². The van der Waals surface area contributed by atoms with Gasteiger partial charge in [-0.15, -0.1) is 0 Å². The Morgan fingerprint density at radius 2 is 2.25 bits per heavy atom. The summed E-state index contributed by atoms with van der Waals surface area (Å²) in [5, 5.41) is 25.9. The number of rotatable bonds is 2. The molecule has 0 aromatic carbocycles. The van der Waals surface area contributed by atoms with Gasteiger partial charge >= 0.3 is 0 Å². The fourth-order valence-corrected chi connectivity index (χ4v) is 0.0456. The molecular weight excluding hydrogens is 114 g/mol. The van der Waals surface area contributed by atoms with E-state index in [-0.39, 0.29) is 0 Å². The topological polar surface area (TPSA) is 92.6 Å². The molecule has 0 aromatic heterocycles. The average Bonchev–Trinajstić information content (AvgIpc) is 1.67. The summed E-state index contributed by atoms with van der Waals surface area (Å²) in [4.78, 5) is 9.67. The monoisotopic (exact) mass is 120 g/mol. The normalized spacial score (nSPS) is 17.4. The van der Waals surface area contributed by atoms with Crippen LogP contribution in [0.1, 0.15) is 6.92 Å². The summed E-state index contributed by atoms with van der Waals surface area (Å²) in [6.07, 6.45) is 0. The quantitative estimate of drug-likeness (QED) is 0.275. The number of aliphatic hydroxyl groups is 1. The highest BCUT2D eigenvalue weighted by Gasteiger charge is 2.19. The second-order valence-electron chi connectivity index (χ2n) is 1.47. The number of hydrogen-bond acceptors (Lipinski definition) is 5. The summed E-state index contributed by atoms with van der Waals surface area (Å²) in [6.45, 7) is 0.850. The maximum atomic E-state index is 9.67. The van der Waals surface area contributed by atoms with Gasteiger partial charge in [0, 0.05) is 0 Å². The Morgan fingerprint density at radius 1 is 1.88 bits per heavy atom. The third kappa shape index (κ3) is 1.45. The van der Waals surface area contributed by atoms with Crippen LogP contribution < -0.4 is 10.6 Å². The molecule has 1 unspecified atom stereocenters. The van der Waals surface area contributed by atoms with Gasteiger partial charge in [0.15, 0.2) is 5.72 Å². The van der Waals surface area contributed by atoms with Crippen molar-refractivity contribution in [1.29, 1.82) is 0 Å².